The molecular formula is C16H18O. The minimum atomic E-state index is -0.255. The molecule has 1 aromatic rings. The predicted octanol–water partition coefficient (Wildman–Crippen LogP) is 3.36. The normalized spacial score (nSPS) is 38.5. The first-order valence-corrected chi connectivity index (χ1v) is 6.53. The van der Waals surface area contributed by atoms with Gasteiger partial charge in [-0.15, -0.1) is 0 Å². The van der Waals surface area contributed by atoms with Crippen molar-refractivity contribution in [2.24, 2.45) is 17.8 Å². The SMILES string of the molecule is CC[C@@H]1[C@H]2C=C[C@H](C2)[C@]1(C=O)c1ccccc1. The van der Waals surface area contributed by atoms with E-state index in [-0.39, 0.29) is 5.41 Å². The molecule has 0 heterocycles. The van der Waals surface area contributed by atoms with Crippen molar-refractivity contribution in [3.05, 3.63) is 48.0 Å². The summed E-state index contributed by atoms with van der Waals surface area (Å²) in [4.78, 5) is 11.9. The van der Waals surface area contributed by atoms with Gasteiger partial charge in [-0.3, -0.25) is 0 Å². The molecule has 0 radical (unpaired) electrons. The molecule has 1 fully saturated rings. The van der Waals surface area contributed by atoms with E-state index in [1.54, 1.807) is 0 Å². The van der Waals surface area contributed by atoms with Crippen LogP contribution in [0.1, 0.15) is 25.3 Å². The van der Waals surface area contributed by atoms with Gasteiger partial charge in [-0.05, 0) is 29.7 Å². The van der Waals surface area contributed by atoms with E-state index in [1.165, 1.54) is 11.8 Å². The lowest BCUT2D eigenvalue weighted by Crippen LogP contribution is -2.40. The number of carbonyl (C=O) groups excluding carboxylic acids is 1. The molecule has 2 aliphatic rings. The second kappa shape index (κ2) is 3.83. The van der Waals surface area contributed by atoms with Gasteiger partial charge >= 0.3 is 0 Å². The minimum Gasteiger partial charge on any atom is -0.302 e. The minimum absolute atomic E-state index is 0.255. The number of allylic oxidation sites excluding steroid dienone is 2. The molecule has 1 saturated carbocycles. The van der Waals surface area contributed by atoms with Crippen molar-refractivity contribution >= 4 is 6.29 Å². The molecule has 0 saturated heterocycles. The predicted molar refractivity (Wildman–Crippen MR) is 68.7 cm³/mol. The van der Waals surface area contributed by atoms with Gasteiger partial charge in [0.2, 0.25) is 0 Å². The Labute approximate surface area is 103 Å². The van der Waals surface area contributed by atoms with Crippen LogP contribution in [0.4, 0.5) is 0 Å². The molecule has 17 heavy (non-hydrogen) atoms. The second-order valence-electron chi connectivity index (χ2n) is 5.32. The Bertz CT molecular complexity index is 448. The molecule has 1 nitrogen and oxygen atoms in total. The quantitative estimate of drug-likeness (QED) is 0.570. The first-order chi connectivity index (χ1) is 8.32. The van der Waals surface area contributed by atoms with Crippen LogP contribution in [0, 0.1) is 17.8 Å². The molecule has 2 aliphatic carbocycles. The summed E-state index contributed by atoms with van der Waals surface area (Å²) < 4.78 is 0. The number of carbonyl (C=O) groups is 1. The average molecular weight is 226 g/mol. The maximum Gasteiger partial charge on any atom is 0.131 e. The molecule has 4 atom stereocenters. The van der Waals surface area contributed by atoms with Crippen molar-refractivity contribution in [1.29, 1.82) is 0 Å². The van der Waals surface area contributed by atoms with E-state index in [9.17, 15) is 4.79 Å². The van der Waals surface area contributed by atoms with Crippen LogP contribution in [-0.2, 0) is 10.2 Å². The fraction of sp³-hybridized carbons (Fsp3) is 0.438. The summed E-state index contributed by atoms with van der Waals surface area (Å²) in [5, 5.41) is 0. The Balaban J connectivity index is 2.14. The van der Waals surface area contributed by atoms with Crippen LogP contribution in [-0.4, -0.2) is 6.29 Å². The Morgan fingerprint density at radius 3 is 2.71 bits per heavy atom. The van der Waals surface area contributed by atoms with Gasteiger partial charge in [-0.2, -0.15) is 0 Å². The lowest BCUT2D eigenvalue weighted by atomic mass is 9.64. The van der Waals surface area contributed by atoms with Crippen molar-refractivity contribution in [3.8, 4) is 0 Å². The van der Waals surface area contributed by atoms with Crippen LogP contribution in [0.25, 0.3) is 0 Å². The molecule has 88 valence electrons. The van der Waals surface area contributed by atoms with Gasteiger partial charge in [0.05, 0.1) is 5.41 Å². The fourth-order valence-corrected chi connectivity index (χ4v) is 4.05. The molecule has 0 unspecified atom stereocenters. The molecule has 0 spiro atoms. The van der Waals surface area contributed by atoms with E-state index in [4.69, 9.17) is 0 Å². The topological polar surface area (TPSA) is 17.1 Å². The van der Waals surface area contributed by atoms with E-state index < -0.39 is 0 Å². The number of rotatable bonds is 3. The van der Waals surface area contributed by atoms with Crippen LogP contribution in [0.15, 0.2) is 42.5 Å². The highest BCUT2D eigenvalue weighted by molar-refractivity contribution is 5.72. The molecule has 0 aromatic heterocycles. The van der Waals surface area contributed by atoms with E-state index in [1.807, 2.05) is 18.2 Å². The highest BCUT2D eigenvalue weighted by Gasteiger charge is 2.55. The zero-order chi connectivity index (χ0) is 11.9. The van der Waals surface area contributed by atoms with Crippen LogP contribution < -0.4 is 0 Å². The van der Waals surface area contributed by atoms with E-state index in [0.29, 0.717) is 17.8 Å². The highest BCUT2D eigenvalue weighted by Crippen LogP contribution is 2.57. The van der Waals surface area contributed by atoms with Crippen LogP contribution >= 0.6 is 0 Å². The van der Waals surface area contributed by atoms with Crippen molar-refractivity contribution in [2.75, 3.05) is 0 Å². The number of fused-ring (bicyclic) bond motifs is 2. The first-order valence-electron chi connectivity index (χ1n) is 6.53. The summed E-state index contributed by atoms with van der Waals surface area (Å²) in [5.41, 5.74) is 0.953. The van der Waals surface area contributed by atoms with Crippen molar-refractivity contribution in [2.45, 2.75) is 25.2 Å². The standard InChI is InChI=1S/C16H18O/c1-2-15-12-8-9-14(10-12)16(15,11-17)13-6-4-3-5-7-13/h3-9,11-12,14-15H,2,10H2,1H3/t12-,14+,15+,16-/m0/s1. The van der Waals surface area contributed by atoms with Gasteiger partial charge in [0.15, 0.2) is 0 Å². The summed E-state index contributed by atoms with van der Waals surface area (Å²) in [5.74, 6) is 1.50. The van der Waals surface area contributed by atoms with E-state index in [0.717, 1.165) is 12.8 Å². The number of benzene rings is 1. The maximum absolute atomic E-state index is 11.9. The number of hydrogen-bond acceptors (Lipinski definition) is 1. The summed E-state index contributed by atoms with van der Waals surface area (Å²) in [6.45, 7) is 2.21. The van der Waals surface area contributed by atoms with Gasteiger partial charge in [0.1, 0.15) is 6.29 Å². The average Bonchev–Trinajstić information content (AvgIpc) is 2.98. The molecule has 1 heteroatoms. The zero-order valence-corrected chi connectivity index (χ0v) is 10.2. The lowest BCUT2D eigenvalue weighted by Gasteiger charge is -2.37. The fourth-order valence-electron chi connectivity index (χ4n) is 4.05. The first kappa shape index (κ1) is 10.8. The molecule has 3 rings (SSSR count). The molecular weight excluding hydrogens is 208 g/mol. The van der Waals surface area contributed by atoms with Crippen LogP contribution in [0.2, 0.25) is 0 Å². The van der Waals surface area contributed by atoms with E-state index >= 15 is 0 Å². The Morgan fingerprint density at radius 1 is 1.29 bits per heavy atom. The summed E-state index contributed by atoms with van der Waals surface area (Å²) >= 11 is 0. The van der Waals surface area contributed by atoms with Crippen molar-refractivity contribution < 1.29 is 4.79 Å². The Hall–Kier alpha value is -1.37. The summed E-state index contributed by atoms with van der Waals surface area (Å²) in [7, 11) is 0. The Morgan fingerprint density at radius 2 is 2.06 bits per heavy atom. The second-order valence-corrected chi connectivity index (χ2v) is 5.32. The third-order valence-corrected chi connectivity index (χ3v) is 4.77. The number of hydrogen-bond donors (Lipinski definition) is 0. The smallest absolute Gasteiger partial charge is 0.131 e. The monoisotopic (exact) mass is 226 g/mol. The Kier molecular flexibility index (Phi) is 2.43. The van der Waals surface area contributed by atoms with Gasteiger partial charge in [-0.25, -0.2) is 0 Å². The highest BCUT2D eigenvalue weighted by atomic mass is 16.1. The van der Waals surface area contributed by atoms with Crippen molar-refractivity contribution in [1.82, 2.24) is 0 Å². The third-order valence-electron chi connectivity index (χ3n) is 4.77. The molecule has 1 aromatic carbocycles. The van der Waals surface area contributed by atoms with Gasteiger partial charge in [-0.1, -0.05) is 55.8 Å². The largest absolute Gasteiger partial charge is 0.302 e. The maximum atomic E-state index is 11.9. The van der Waals surface area contributed by atoms with Crippen LogP contribution in [0.5, 0.6) is 0 Å². The molecule has 2 bridgehead atoms. The van der Waals surface area contributed by atoms with Gasteiger partial charge in [0, 0.05) is 0 Å². The van der Waals surface area contributed by atoms with Crippen LogP contribution in [0.3, 0.4) is 0 Å². The summed E-state index contributed by atoms with van der Waals surface area (Å²) in [6, 6.07) is 10.3. The summed E-state index contributed by atoms with van der Waals surface area (Å²) in [6.07, 6.45) is 8.05. The molecule has 0 amide bonds. The van der Waals surface area contributed by atoms with Gasteiger partial charge in [0.25, 0.3) is 0 Å². The van der Waals surface area contributed by atoms with E-state index in [2.05, 4.69) is 31.2 Å². The zero-order valence-electron chi connectivity index (χ0n) is 10.2. The van der Waals surface area contributed by atoms with Crippen molar-refractivity contribution in [3.63, 3.8) is 0 Å². The molecule has 0 aliphatic heterocycles. The number of aldehydes is 1. The van der Waals surface area contributed by atoms with Gasteiger partial charge < -0.3 is 4.79 Å². The molecule has 0 N–H and O–H groups in total. The third kappa shape index (κ3) is 1.28. The lowest BCUT2D eigenvalue weighted by molar-refractivity contribution is -0.115.